The van der Waals surface area contributed by atoms with Gasteiger partial charge in [0.05, 0.1) is 21.2 Å². The normalized spacial score (nSPS) is 11.5. The number of benzene rings is 2. The maximum absolute atomic E-state index is 12.6. The maximum Gasteiger partial charge on any atom is 0.350 e. The van der Waals surface area contributed by atoms with E-state index in [-0.39, 0.29) is 12.1 Å². The third kappa shape index (κ3) is 5.97. The number of rotatable bonds is 6. The Labute approximate surface area is 196 Å². The van der Waals surface area contributed by atoms with E-state index in [0.29, 0.717) is 21.7 Å². The minimum absolute atomic E-state index is 0.301. The number of carbonyl (C=O) groups is 1. The van der Waals surface area contributed by atoms with Crippen LogP contribution in [-0.4, -0.2) is 22.4 Å². The van der Waals surface area contributed by atoms with Crippen molar-refractivity contribution in [3.8, 4) is 11.6 Å². The molecule has 31 heavy (non-hydrogen) atoms. The van der Waals surface area contributed by atoms with Crippen LogP contribution in [0.4, 0.5) is 0 Å². The molecular formula is C23H24Cl2N2O3S. The molecule has 2 aromatic carbocycles. The topological polar surface area (TPSA) is 53.4 Å². The lowest BCUT2D eigenvalue weighted by atomic mass is 10.1. The lowest BCUT2D eigenvalue weighted by Gasteiger charge is -2.22. The van der Waals surface area contributed by atoms with Gasteiger partial charge in [-0.3, -0.25) is 0 Å². The van der Waals surface area contributed by atoms with Crippen molar-refractivity contribution in [3.05, 3.63) is 63.8 Å². The summed E-state index contributed by atoms with van der Waals surface area (Å²) in [5, 5.41) is 5.45. The zero-order valence-corrected chi connectivity index (χ0v) is 20.4. The van der Waals surface area contributed by atoms with Crippen LogP contribution < -0.4 is 9.47 Å². The third-order valence-electron chi connectivity index (χ3n) is 4.29. The first-order chi connectivity index (χ1) is 14.5. The Hall–Kier alpha value is -2.15. The number of hydrogen-bond acceptors (Lipinski definition) is 5. The lowest BCUT2D eigenvalue weighted by Crippen LogP contribution is -2.27. The van der Waals surface area contributed by atoms with Gasteiger partial charge in [0.15, 0.2) is 6.61 Å². The fourth-order valence-electron chi connectivity index (χ4n) is 2.74. The SMILES string of the molecule is Cc1ccc(Sc2c(C)nn(C(C)(C)C)c2OC(=O)COc2ccc(Cl)cc2Cl)cc1. The molecule has 164 valence electrons. The molecule has 0 amide bonds. The van der Waals surface area contributed by atoms with E-state index in [1.165, 1.54) is 17.3 Å². The van der Waals surface area contributed by atoms with Crippen LogP contribution in [0.2, 0.25) is 10.0 Å². The number of ether oxygens (including phenoxy) is 2. The van der Waals surface area contributed by atoms with Gasteiger partial charge in [-0.1, -0.05) is 52.7 Å². The molecule has 0 saturated heterocycles. The summed E-state index contributed by atoms with van der Waals surface area (Å²) in [6, 6.07) is 13.0. The minimum Gasteiger partial charge on any atom is -0.480 e. The highest BCUT2D eigenvalue weighted by atomic mass is 35.5. The van der Waals surface area contributed by atoms with E-state index in [9.17, 15) is 4.79 Å². The number of halogens is 2. The van der Waals surface area contributed by atoms with Crippen LogP contribution in [0.15, 0.2) is 52.3 Å². The Morgan fingerprint density at radius 2 is 1.77 bits per heavy atom. The van der Waals surface area contributed by atoms with Crippen molar-refractivity contribution >= 4 is 40.9 Å². The second-order valence-electron chi connectivity index (χ2n) is 8.05. The highest BCUT2D eigenvalue weighted by Crippen LogP contribution is 2.40. The van der Waals surface area contributed by atoms with Gasteiger partial charge < -0.3 is 9.47 Å². The van der Waals surface area contributed by atoms with Gasteiger partial charge >= 0.3 is 5.97 Å². The average molecular weight is 479 g/mol. The second kappa shape index (κ2) is 9.55. The summed E-state index contributed by atoms with van der Waals surface area (Å²) in [6.45, 7) is 9.64. The summed E-state index contributed by atoms with van der Waals surface area (Å²) >= 11 is 13.5. The number of aryl methyl sites for hydroxylation is 2. The fourth-order valence-corrected chi connectivity index (χ4v) is 4.12. The molecule has 0 aliphatic heterocycles. The highest BCUT2D eigenvalue weighted by molar-refractivity contribution is 7.99. The predicted octanol–water partition coefficient (Wildman–Crippen LogP) is 6.70. The molecule has 0 unspecified atom stereocenters. The molecule has 0 N–H and O–H groups in total. The number of aromatic nitrogens is 2. The van der Waals surface area contributed by atoms with Crippen molar-refractivity contribution in [2.24, 2.45) is 0 Å². The van der Waals surface area contributed by atoms with Crippen LogP contribution in [-0.2, 0) is 10.3 Å². The van der Waals surface area contributed by atoms with Gasteiger partial charge in [0.1, 0.15) is 5.75 Å². The van der Waals surface area contributed by atoms with E-state index in [4.69, 9.17) is 32.7 Å². The summed E-state index contributed by atoms with van der Waals surface area (Å²) in [6.07, 6.45) is 0. The largest absolute Gasteiger partial charge is 0.480 e. The molecule has 1 heterocycles. The molecule has 0 fully saturated rings. The lowest BCUT2D eigenvalue weighted by molar-refractivity contribution is -0.137. The summed E-state index contributed by atoms with van der Waals surface area (Å²) in [5.41, 5.74) is 1.58. The number of carbonyl (C=O) groups excluding carboxylic acids is 1. The smallest absolute Gasteiger partial charge is 0.350 e. The van der Waals surface area contributed by atoms with E-state index in [0.717, 1.165) is 15.5 Å². The van der Waals surface area contributed by atoms with E-state index in [2.05, 4.69) is 5.10 Å². The molecule has 0 aliphatic rings. The maximum atomic E-state index is 12.6. The second-order valence-corrected chi connectivity index (χ2v) is 9.98. The van der Waals surface area contributed by atoms with Crippen LogP contribution in [0, 0.1) is 13.8 Å². The van der Waals surface area contributed by atoms with Crippen molar-refractivity contribution in [1.29, 1.82) is 0 Å². The molecule has 5 nitrogen and oxygen atoms in total. The highest BCUT2D eigenvalue weighted by Gasteiger charge is 2.27. The number of nitrogens with zero attached hydrogens (tertiary/aromatic N) is 2. The molecule has 0 saturated carbocycles. The predicted molar refractivity (Wildman–Crippen MR) is 125 cm³/mol. The fraction of sp³-hybridized carbons (Fsp3) is 0.304. The standard InChI is InChI=1S/C23H24Cl2N2O3S/c1-14-6-9-17(10-7-14)31-21-15(2)26-27(23(3,4)5)22(21)30-20(28)13-29-19-11-8-16(24)12-18(19)25/h6-12H,13H2,1-5H3. The molecular weight excluding hydrogens is 455 g/mol. The van der Waals surface area contributed by atoms with E-state index >= 15 is 0 Å². The first-order valence-electron chi connectivity index (χ1n) is 9.68. The van der Waals surface area contributed by atoms with Crippen LogP contribution in [0.3, 0.4) is 0 Å². The average Bonchev–Trinajstić information content (AvgIpc) is 2.99. The molecule has 0 spiro atoms. The Bertz CT molecular complexity index is 1090. The van der Waals surface area contributed by atoms with Crippen LogP contribution in [0.1, 0.15) is 32.0 Å². The van der Waals surface area contributed by atoms with Gasteiger partial charge in [0, 0.05) is 9.92 Å². The summed E-state index contributed by atoms with van der Waals surface area (Å²) in [5.74, 6) is 0.200. The van der Waals surface area contributed by atoms with Crippen molar-refractivity contribution in [2.45, 2.75) is 49.9 Å². The Kier molecular flexibility index (Phi) is 7.24. The minimum atomic E-state index is -0.554. The van der Waals surface area contributed by atoms with Crippen molar-refractivity contribution in [2.75, 3.05) is 6.61 Å². The zero-order valence-electron chi connectivity index (χ0n) is 18.0. The third-order valence-corrected chi connectivity index (χ3v) is 6.00. The molecule has 3 aromatic rings. The summed E-state index contributed by atoms with van der Waals surface area (Å²) < 4.78 is 13.0. The molecule has 0 atom stereocenters. The molecule has 3 rings (SSSR count). The van der Waals surface area contributed by atoms with Crippen molar-refractivity contribution < 1.29 is 14.3 Å². The molecule has 0 aliphatic carbocycles. The van der Waals surface area contributed by atoms with E-state index < -0.39 is 5.97 Å². The monoisotopic (exact) mass is 478 g/mol. The number of esters is 1. The Balaban J connectivity index is 1.83. The van der Waals surface area contributed by atoms with Gasteiger partial charge in [-0.05, 0) is 65.0 Å². The van der Waals surface area contributed by atoms with Crippen molar-refractivity contribution in [1.82, 2.24) is 9.78 Å². The molecule has 8 heteroatoms. The zero-order chi connectivity index (χ0) is 22.8. The molecule has 0 bridgehead atoms. The van der Waals surface area contributed by atoms with E-state index in [1.807, 2.05) is 58.9 Å². The first-order valence-corrected chi connectivity index (χ1v) is 11.2. The molecule has 0 radical (unpaired) electrons. The van der Waals surface area contributed by atoms with E-state index in [1.54, 1.807) is 22.9 Å². The Morgan fingerprint density at radius 3 is 2.39 bits per heavy atom. The number of hydrogen-bond donors (Lipinski definition) is 0. The van der Waals surface area contributed by atoms with Gasteiger partial charge in [-0.25, -0.2) is 9.48 Å². The summed E-state index contributed by atoms with van der Waals surface area (Å²) in [7, 11) is 0. The van der Waals surface area contributed by atoms with Gasteiger partial charge in [-0.15, -0.1) is 0 Å². The van der Waals surface area contributed by atoms with Gasteiger partial charge in [-0.2, -0.15) is 5.10 Å². The molecule has 1 aromatic heterocycles. The summed E-state index contributed by atoms with van der Waals surface area (Å²) in [4.78, 5) is 14.5. The van der Waals surface area contributed by atoms with Crippen LogP contribution >= 0.6 is 35.0 Å². The van der Waals surface area contributed by atoms with Crippen molar-refractivity contribution in [3.63, 3.8) is 0 Å². The van der Waals surface area contributed by atoms with Gasteiger partial charge in [0.2, 0.25) is 5.88 Å². The van der Waals surface area contributed by atoms with Crippen LogP contribution in [0.5, 0.6) is 11.6 Å². The van der Waals surface area contributed by atoms with Gasteiger partial charge in [0.25, 0.3) is 0 Å². The quantitative estimate of drug-likeness (QED) is 0.369. The Morgan fingerprint density at radius 1 is 1.10 bits per heavy atom. The van der Waals surface area contributed by atoms with Crippen LogP contribution in [0.25, 0.3) is 0 Å². The first kappa shape index (κ1) is 23.5.